The van der Waals surface area contributed by atoms with E-state index < -0.39 is 0 Å². The Morgan fingerprint density at radius 2 is 1.92 bits per heavy atom. The average molecular weight is 226 g/mol. The highest BCUT2D eigenvalue weighted by atomic mass is 33.1. The summed E-state index contributed by atoms with van der Waals surface area (Å²) in [6.07, 6.45) is 0. The first kappa shape index (κ1) is 9.05. The van der Waals surface area contributed by atoms with Gasteiger partial charge in [-0.15, -0.1) is 10.2 Å². The monoisotopic (exact) mass is 226 g/mol. The molecule has 2 rings (SSSR count). The van der Waals surface area contributed by atoms with Crippen molar-refractivity contribution in [1.82, 2.24) is 10.2 Å². The fourth-order valence-electron chi connectivity index (χ4n) is 0.759. The first-order valence-corrected chi connectivity index (χ1v) is 6.64. The fourth-order valence-corrected chi connectivity index (χ4v) is 3.44. The molecule has 0 saturated heterocycles. The highest BCUT2D eigenvalue weighted by Crippen LogP contribution is 2.37. The summed E-state index contributed by atoms with van der Waals surface area (Å²) >= 11 is 1.56. The van der Waals surface area contributed by atoms with Crippen LogP contribution in [0.2, 0.25) is 0 Å². The van der Waals surface area contributed by atoms with Crippen molar-refractivity contribution in [3.8, 4) is 0 Å². The molecule has 0 bridgehead atoms. The summed E-state index contributed by atoms with van der Waals surface area (Å²) in [7, 11) is 3.34. The van der Waals surface area contributed by atoms with Gasteiger partial charge in [-0.2, -0.15) is 0 Å². The molecule has 0 N–H and O–H groups in total. The summed E-state index contributed by atoms with van der Waals surface area (Å²) in [5, 5.41) is 7.71. The molecule has 2 aromatic rings. The van der Waals surface area contributed by atoms with Gasteiger partial charge in [-0.05, 0) is 22.9 Å². The van der Waals surface area contributed by atoms with Crippen LogP contribution in [0.3, 0.4) is 0 Å². The quantitative estimate of drug-likeness (QED) is 0.750. The lowest BCUT2D eigenvalue weighted by atomic mass is 10.4. The molecule has 5 heteroatoms. The summed E-state index contributed by atoms with van der Waals surface area (Å²) in [5.74, 6) is 0. The number of aromatic nitrogens is 2. The molecule has 0 aliphatic heterocycles. The number of nitrogens with zero attached hydrogens (tertiary/aromatic N) is 2. The Morgan fingerprint density at radius 1 is 1.08 bits per heavy atom. The third-order valence-corrected chi connectivity index (χ3v) is 4.70. The van der Waals surface area contributed by atoms with Gasteiger partial charge in [0, 0.05) is 4.90 Å². The maximum atomic E-state index is 3.94. The summed E-state index contributed by atoms with van der Waals surface area (Å²) in [6.45, 7) is 0. The maximum absolute atomic E-state index is 3.94. The van der Waals surface area contributed by atoms with Gasteiger partial charge in [0.1, 0.15) is 5.51 Å². The summed E-state index contributed by atoms with van der Waals surface area (Å²) in [6, 6.07) is 10.2. The van der Waals surface area contributed by atoms with Gasteiger partial charge < -0.3 is 0 Å². The van der Waals surface area contributed by atoms with Crippen LogP contribution in [0.5, 0.6) is 0 Å². The molecular formula is C8H6N2S3. The van der Waals surface area contributed by atoms with Crippen molar-refractivity contribution >= 4 is 32.9 Å². The first-order chi connectivity index (χ1) is 6.45. The minimum absolute atomic E-state index is 0.994. The second kappa shape index (κ2) is 4.64. The van der Waals surface area contributed by atoms with Gasteiger partial charge in [-0.3, -0.25) is 0 Å². The Morgan fingerprint density at radius 3 is 2.62 bits per heavy atom. The van der Waals surface area contributed by atoms with E-state index in [0.29, 0.717) is 0 Å². The molecule has 1 aromatic heterocycles. The molecule has 0 atom stereocenters. The van der Waals surface area contributed by atoms with Gasteiger partial charge in [-0.1, -0.05) is 40.3 Å². The predicted molar refractivity (Wildman–Crippen MR) is 58.1 cm³/mol. The molecule has 13 heavy (non-hydrogen) atoms. The second-order valence-electron chi connectivity index (χ2n) is 2.18. The number of benzene rings is 1. The Balaban J connectivity index is 1.94. The molecule has 0 spiro atoms. The molecule has 66 valence electrons. The van der Waals surface area contributed by atoms with Crippen molar-refractivity contribution in [3.05, 3.63) is 35.8 Å². The lowest BCUT2D eigenvalue weighted by Gasteiger charge is -1.95. The summed E-state index contributed by atoms with van der Waals surface area (Å²) in [4.78, 5) is 1.24. The van der Waals surface area contributed by atoms with Gasteiger partial charge >= 0.3 is 0 Å². The van der Waals surface area contributed by atoms with E-state index in [1.54, 1.807) is 38.4 Å². The van der Waals surface area contributed by atoms with Crippen molar-refractivity contribution in [1.29, 1.82) is 0 Å². The van der Waals surface area contributed by atoms with Crippen molar-refractivity contribution < 1.29 is 0 Å². The van der Waals surface area contributed by atoms with E-state index in [1.165, 1.54) is 4.90 Å². The highest BCUT2D eigenvalue weighted by molar-refractivity contribution is 8.77. The van der Waals surface area contributed by atoms with Crippen LogP contribution in [0.1, 0.15) is 0 Å². The fraction of sp³-hybridized carbons (Fsp3) is 0. The van der Waals surface area contributed by atoms with Gasteiger partial charge in [0.2, 0.25) is 0 Å². The Kier molecular flexibility index (Phi) is 3.23. The van der Waals surface area contributed by atoms with E-state index in [1.807, 2.05) is 18.2 Å². The molecule has 1 aromatic carbocycles. The van der Waals surface area contributed by atoms with Crippen LogP contribution < -0.4 is 0 Å². The first-order valence-electron chi connectivity index (χ1n) is 3.61. The van der Waals surface area contributed by atoms with Gasteiger partial charge in [0.05, 0.1) is 0 Å². The minimum atomic E-state index is 0.994. The third kappa shape index (κ3) is 2.72. The Hall–Kier alpha value is -0.520. The normalized spacial score (nSPS) is 10.2. The van der Waals surface area contributed by atoms with Crippen molar-refractivity contribution in [3.63, 3.8) is 0 Å². The average Bonchev–Trinajstić information content (AvgIpc) is 2.69. The van der Waals surface area contributed by atoms with Crippen molar-refractivity contribution in [2.24, 2.45) is 0 Å². The van der Waals surface area contributed by atoms with Crippen LogP contribution >= 0.6 is 32.9 Å². The zero-order chi connectivity index (χ0) is 8.93. The zero-order valence-corrected chi connectivity index (χ0v) is 9.03. The molecular weight excluding hydrogens is 220 g/mol. The molecule has 0 amide bonds. The van der Waals surface area contributed by atoms with E-state index >= 15 is 0 Å². The molecule has 0 radical (unpaired) electrons. The highest BCUT2D eigenvalue weighted by Gasteiger charge is 1.98. The smallest absolute Gasteiger partial charge is 0.146 e. The van der Waals surface area contributed by atoms with Gasteiger partial charge in [0.25, 0.3) is 0 Å². The molecule has 0 saturated carbocycles. The molecule has 0 unspecified atom stereocenters. The van der Waals surface area contributed by atoms with Crippen LogP contribution in [0.25, 0.3) is 0 Å². The zero-order valence-electron chi connectivity index (χ0n) is 6.58. The summed E-state index contributed by atoms with van der Waals surface area (Å²) in [5.41, 5.74) is 1.74. The topological polar surface area (TPSA) is 25.8 Å². The van der Waals surface area contributed by atoms with E-state index in [4.69, 9.17) is 0 Å². The molecule has 0 aliphatic carbocycles. The number of rotatable bonds is 3. The molecule has 1 heterocycles. The lowest BCUT2D eigenvalue weighted by molar-refractivity contribution is 1.01. The molecule has 2 nitrogen and oxygen atoms in total. The van der Waals surface area contributed by atoms with Crippen LogP contribution in [-0.2, 0) is 0 Å². The standard InChI is InChI=1S/C8H6N2S3/c1-2-4-7(5-3-1)12-13-8-10-9-6-11-8/h1-6H. The van der Waals surface area contributed by atoms with E-state index in [2.05, 4.69) is 22.3 Å². The van der Waals surface area contributed by atoms with Crippen LogP contribution in [0, 0.1) is 0 Å². The Bertz CT molecular complexity index is 347. The Labute approximate surface area is 88.2 Å². The maximum Gasteiger partial charge on any atom is 0.184 e. The van der Waals surface area contributed by atoms with E-state index in [-0.39, 0.29) is 0 Å². The van der Waals surface area contributed by atoms with Crippen molar-refractivity contribution in [2.75, 3.05) is 0 Å². The largest absolute Gasteiger partial charge is 0.184 e. The van der Waals surface area contributed by atoms with Crippen molar-refractivity contribution in [2.45, 2.75) is 9.24 Å². The van der Waals surface area contributed by atoms with Gasteiger partial charge in [0.15, 0.2) is 4.34 Å². The number of hydrogen-bond acceptors (Lipinski definition) is 5. The minimum Gasteiger partial charge on any atom is -0.146 e. The summed E-state index contributed by atoms with van der Waals surface area (Å²) < 4.78 is 0.994. The van der Waals surface area contributed by atoms with E-state index in [9.17, 15) is 0 Å². The molecule has 0 aliphatic rings. The second-order valence-corrected chi connectivity index (χ2v) is 5.47. The predicted octanol–water partition coefficient (Wildman–Crippen LogP) is 3.34. The van der Waals surface area contributed by atoms with Crippen LogP contribution in [0.4, 0.5) is 0 Å². The van der Waals surface area contributed by atoms with Gasteiger partial charge in [-0.25, -0.2) is 0 Å². The van der Waals surface area contributed by atoms with E-state index in [0.717, 1.165) is 4.34 Å². The van der Waals surface area contributed by atoms with Crippen LogP contribution in [0.15, 0.2) is 45.1 Å². The lowest BCUT2D eigenvalue weighted by Crippen LogP contribution is -1.67. The third-order valence-electron chi connectivity index (χ3n) is 1.29. The SMILES string of the molecule is c1ccc(SSc2nncs2)cc1. The number of hydrogen-bond donors (Lipinski definition) is 0. The molecule has 0 fully saturated rings. The van der Waals surface area contributed by atoms with Crippen LogP contribution in [-0.4, -0.2) is 10.2 Å².